The number of benzene rings is 2. The van der Waals surface area contributed by atoms with Crippen LogP contribution in [0.4, 0.5) is 13.2 Å². The molecule has 1 aliphatic rings. The van der Waals surface area contributed by atoms with Crippen molar-refractivity contribution in [2.24, 2.45) is 0 Å². The van der Waals surface area contributed by atoms with E-state index in [1.807, 2.05) is 0 Å². The smallest absolute Gasteiger partial charge is 0.350 e. The number of alkyl halides is 3. The zero-order valence-corrected chi connectivity index (χ0v) is 13.7. The largest absolute Gasteiger partial charge is 0.417 e. The summed E-state index contributed by atoms with van der Waals surface area (Å²) in [6, 6.07) is 12.2. The lowest BCUT2D eigenvalue weighted by molar-refractivity contribution is -0.137. The lowest BCUT2D eigenvalue weighted by atomic mass is 9.91. The van der Waals surface area contributed by atoms with Crippen LogP contribution < -0.4 is 5.32 Å². The van der Waals surface area contributed by atoms with Gasteiger partial charge in [-0.05, 0) is 48.6 Å². The number of aryl methyl sites for hydroxylation is 1. The molecule has 2 aromatic rings. The number of amides is 1. The van der Waals surface area contributed by atoms with E-state index in [1.54, 1.807) is 31.2 Å². The minimum Gasteiger partial charge on any atom is -0.350 e. The van der Waals surface area contributed by atoms with Crippen molar-refractivity contribution in [2.45, 2.75) is 32.0 Å². The van der Waals surface area contributed by atoms with E-state index in [4.69, 9.17) is 0 Å². The van der Waals surface area contributed by atoms with Crippen LogP contribution in [0.5, 0.6) is 0 Å². The zero-order valence-electron chi connectivity index (χ0n) is 13.7. The molecule has 0 atom stereocenters. The SMILES string of the molecule is Cc1ccccc1-c1c(C(F)(F)F)[c]ccc1/C=C/C(=O)NC1CC1. The van der Waals surface area contributed by atoms with Crippen LogP contribution in [-0.2, 0) is 11.0 Å². The zero-order chi connectivity index (χ0) is 18.0. The van der Waals surface area contributed by atoms with Crippen LogP contribution in [-0.4, -0.2) is 11.9 Å². The Morgan fingerprint density at radius 3 is 2.60 bits per heavy atom. The van der Waals surface area contributed by atoms with Crippen molar-refractivity contribution in [3.8, 4) is 11.1 Å². The first-order valence-electron chi connectivity index (χ1n) is 8.02. The molecule has 1 aliphatic carbocycles. The average Bonchev–Trinajstić information content (AvgIpc) is 3.36. The summed E-state index contributed by atoms with van der Waals surface area (Å²) >= 11 is 0. The maximum absolute atomic E-state index is 13.5. The summed E-state index contributed by atoms with van der Waals surface area (Å²) in [4.78, 5) is 11.8. The maximum atomic E-state index is 13.5. The molecule has 0 aliphatic heterocycles. The molecule has 3 rings (SSSR count). The van der Waals surface area contributed by atoms with Crippen molar-refractivity contribution in [1.82, 2.24) is 5.32 Å². The highest BCUT2D eigenvalue weighted by molar-refractivity contribution is 5.94. The second kappa shape index (κ2) is 6.75. The standard InChI is InChI=1S/C20H17F3NO/c1-13-5-2-3-7-16(13)19-14(6-4-8-17(19)20(21,22)23)9-12-18(25)24-15-10-11-15/h2-7,9,12,15H,10-11H2,1H3,(H,24,25)/b12-9+. The molecule has 0 bridgehead atoms. The van der Waals surface area contributed by atoms with Gasteiger partial charge in [0.25, 0.3) is 0 Å². The highest BCUT2D eigenvalue weighted by Gasteiger charge is 2.35. The number of halogens is 3. The third-order valence-electron chi connectivity index (χ3n) is 4.07. The van der Waals surface area contributed by atoms with Gasteiger partial charge in [0, 0.05) is 17.7 Å². The first-order valence-corrected chi connectivity index (χ1v) is 8.02. The van der Waals surface area contributed by atoms with Crippen LogP contribution in [0.15, 0.2) is 42.5 Å². The topological polar surface area (TPSA) is 29.1 Å². The second-order valence-corrected chi connectivity index (χ2v) is 6.11. The van der Waals surface area contributed by atoms with Crippen LogP contribution in [0.1, 0.15) is 29.5 Å². The van der Waals surface area contributed by atoms with E-state index < -0.39 is 11.7 Å². The van der Waals surface area contributed by atoms with Gasteiger partial charge in [-0.2, -0.15) is 13.2 Å². The van der Waals surface area contributed by atoms with Gasteiger partial charge in [-0.1, -0.05) is 36.4 Å². The van der Waals surface area contributed by atoms with Crippen molar-refractivity contribution in [1.29, 1.82) is 0 Å². The molecular weight excluding hydrogens is 327 g/mol. The van der Waals surface area contributed by atoms with Crippen LogP contribution in [0.2, 0.25) is 0 Å². The summed E-state index contributed by atoms with van der Waals surface area (Å²) in [6.45, 7) is 1.76. The molecular formula is C20H17F3NO. The number of carbonyl (C=O) groups excluding carboxylic acids is 1. The average molecular weight is 344 g/mol. The van der Waals surface area contributed by atoms with Crippen molar-refractivity contribution in [3.63, 3.8) is 0 Å². The van der Waals surface area contributed by atoms with E-state index in [-0.39, 0.29) is 17.5 Å². The first-order chi connectivity index (χ1) is 11.9. The Bertz CT molecular complexity index is 820. The molecule has 0 unspecified atom stereocenters. The van der Waals surface area contributed by atoms with Gasteiger partial charge < -0.3 is 5.32 Å². The third kappa shape index (κ3) is 4.10. The fourth-order valence-electron chi connectivity index (χ4n) is 2.66. The van der Waals surface area contributed by atoms with Crippen LogP contribution in [0.3, 0.4) is 0 Å². The van der Waals surface area contributed by atoms with E-state index in [1.165, 1.54) is 24.3 Å². The van der Waals surface area contributed by atoms with Crippen LogP contribution in [0.25, 0.3) is 17.2 Å². The summed E-state index contributed by atoms with van der Waals surface area (Å²) in [6.07, 6.45) is 0.0923. The lowest BCUT2D eigenvalue weighted by Gasteiger charge is -2.17. The Morgan fingerprint density at radius 2 is 1.96 bits per heavy atom. The molecule has 1 radical (unpaired) electrons. The quantitative estimate of drug-likeness (QED) is 0.795. The molecule has 0 spiro atoms. The van der Waals surface area contributed by atoms with E-state index in [9.17, 15) is 18.0 Å². The number of hydrogen-bond acceptors (Lipinski definition) is 1. The molecule has 1 fully saturated rings. The van der Waals surface area contributed by atoms with Gasteiger partial charge in [-0.15, -0.1) is 0 Å². The summed E-state index contributed by atoms with van der Waals surface area (Å²) in [7, 11) is 0. The van der Waals surface area contributed by atoms with E-state index in [0.717, 1.165) is 18.4 Å². The summed E-state index contributed by atoms with van der Waals surface area (Å²) < 4.78 is 40.5. The van der Waals surface area contributed by atoms with E-state index >= 15 is 0 Å². The number of carbonyl (C=O) groups is 1. The summed E-state index contributed by atoms with van der Waals surface area (Å²) in [5.74, 6) is -0.292. The lowest BCUT2D eigenvalue weighted by Crippen LogP contribution is -2.22. The predicted octanol–water partition coefficient (Wildman–Crippen LogP) is 4.77. The van der Waals surface area contributed by atoms with Crippen molar-refractivity contribution >= 4 is 12.0 Å². The number of hydrogen-bond donors (Lipinski definition) is 1. The molecule has 1 N–H and O–H groups in total. The van der Waals surface area contributed by atoms with Gasteiger partial charge in [-0.3, -0.25) is 4.79 Å². The molecule has 0 aromatic heterocycles. The number of rotatable bonds is 4. The predicted molar refractivity (Wildman–Crippen MR) is 90.7 cm³/mol. The Kier molecular flexibility index (Phi) is 4.66. The highest BCUT2D eigenvalue weighted by atomic mass is 19.4. The van der Waals surface area contributed by atoms with Gasteiger partial charge in [0.2, 0.25) is 5.91 Å². The fourth-order valence-corrected chi connectivity index (χ4v) is 2.66. The highest BCUT2D eigenvalue weighted by Crippen LogP contribution is 2.40. The molecule has 1 amide bonds. The Morgan fingerprint density at radius 1 is 1.24 bits per heavy atom. The molecule has 25 heavy (non-hydrogen) atoms. The molecule has 129 valence electrons. The monoisotopic (exact) mass is 344 g/mol. The Balaban J connectivity index is 2.07. The minimum absolute atomic E-state index is 0.0450. The van der Waals surface area contributed by atoms with E-state index in [2.05, 4.69) is 11.4 Å². The van der Waals surface area contributed by atoms with Gasteiger partial charge in [0.1, 0.15) is 0 Å². The molecule has 5 heteroatoms. The van der Waals surface area contributed by atoms with Gasteiger partial charge in [0.15, 0.2) is 0 Å². The fraction of sp³-hybridized carbons (Fsp3) is 0.250. The first kappa shape index (κ1) is 17.3. The van der Waals surface area contributed by atoms with Crippen molar-refractivity contribution < 1.29 is 18.0 Å². The second-order valence-electron chi connectivity index (χ2n) is 6.11. The van der Waals surface area contributed by atoms with Gasteiger partial charge in [0.05, 0.1) is 5.56 Å². The van der Waals surface area contributed by atoms with E-state index in [0.29, 0.717) is 11.1 Å². The Hall–Kier alpha value is -2.56. The Labute approximate surface area is 144 Å². The summed E-state index contributed by atoms with van der Waals surface area (Å²) in [5.41, 5.74) is 0.764. The molecule has 2 nitrogen and oxygen atoms in total. The third-order valence-corrected chi connectivity index (χ3v) is 4.07. The van der Waals surface area contributed by atoms with Crippen molar-refractivity contribution in [3.05, 3.63) is 65.2 Å². The van der Waals surface area contributed by atoms with Gasteiger partial charge in [-0.25, -0.2) is 0 Å². The summed E-state index contributed by atoms with van der Waals surface area (Å²) in [5, 5.41) is 2.78. The molecule has 1 saturated carbocycles. The van der Waals surface area contributed by atoms with Gasteiger partial charge >= 0.3 is 6.18 Å². The maximum Gasteiger partial charge on any atom is 0.417 e. The normalized spacial score (nSPS) is 14.7. The number of nitrogens with one attached hydrogen (secondary N) is 1. The van der Waals surface area contributed by atoms with Crippen molar-refractivity contribution in [2.75, 3.05) is 0 Å². The molecule has 0 saturated heterocycles. The molecule has 2 aromatic carbocycles. The molecule has 0 heterocycles. The van der Waals surface area contributed by atoms with Crippen LogP contribution in [0, 0.1) is 13.0 Å². The minimum atomic E-state index is -4.53. The van der Waals surface area contributed by atoms with Crippen LogP contribution >= 0.6 is 0 Å².